The van der Waals surface area contributed by atoms with Gasteiger partial charge in [-0.3, -0.25) is 14.4 Å². The average molecular weight is 309 g/mol. The Balaban J connectivity index is 2.81. The number of ketones is 1. The zero-order valence-electron chi connectivity index (χ0n) is 12.1. The molecule has 0 bridgehead atoms. The Morgan fingerprint density at radius 1 is 1.14 bits per heavy atom. The molecule has 1 rings (SSSR count). The molecule has 1 atom stereocenters. The molecule has 1 aromatic carbocycles. The van der Waals surface area contributed by atoms with Gasteiger partial charge in [-0.25, -0.2) is 4.79 Å². The quantitative estimate of drug-likeness (QED) is 0.417. The number of hydrogen-bond acceptors (Lipinski definition) is 5. The molecule has 0 spiro atoms. The summed E-state index contributed by atoms with van der Waals surface area (Å²) < 4.78 is 4.75. The number of esters is 1. The summed E-state index contributed by atoms with van der Waals surface area (Å²) in [5, 5.41) is 10.9. The van der Waals surface area contributed by atoms with Crippen molar-refractivity contribution in [3.8, 4) is 0 Å². The molecule has 0 fully saturated rings. The molecule has 0 saturated heterocycles. The molecule has 0 aliphatic carbocycles. The summed E-state index contributed by atoms with van der Waals surface area (Å²) in [6.45, 7) is 1.61. The van der Waals surface area contributed by atoms with E-state index in [-0.39, 0.29) is 18.6 Å². The fourth-order valence-corrected chi connectivity index (χ4v) is 1.67. The molecule has 0 saturated carbocycles. The van der Waals surface area contributed by atoms with E-state index in [0.29, 0.717) is 0 Å². The molecule has 1 amide bonds. The number of aliphatic carboxylic acids is 1. The Hall–Kier alpha value is -2.70. The first kappa shape index (κ1) is 17.4. The molecule has 2 N–H and O–H groups in total. The normalized spacial score (nSPS) is 11.3. The maximum atomic E-state index is 12.0. The lowest BCUT2D eigenvalue weighted by Gasteiger charge is -2.16. The number of rotatable bonds is 8. The van der Waals surface area contributed by atoms with Gasteiger partial charge in [0, 0.05) is 12.0 Å². The van der Waals surface area contributed by atoms with E-state index in [1.54, 1.807) is 25.1 Å². The number of benzene rings is 1. The van der Waals surface area contributed by atoms with Crippen LogP contribution in [0.15, 0.2) is 30.3 Å². The van der Waals surface area contributed by atoms with Gasteiger partial charge in [-0.15, -0.1) is 0 Å². The molecule has 0 radical (unpaired) electrons. The molecule has 0 aliphatic heterocycles. The van der Waals surface area contributed by atoms with Crippen LogP contribution in [0.25, 0.3) is 0 Å². The number of nitrogens with one attached hydrogen (secondary N) is 1. The second kappa shape index (κ2) is 8.56. The molecule has 1 unspecified atom stereocenters. The van der Waals surface area contributed by atoms with Gasteiger partial charge in [-0.05, 0) is 19.1 Å². The van der Waals surface area contributed by atoms with Crippen molar-refractivity contribution in [1.82, 2.24) is 5.32 Å². The highest BCUT2D eigenvalue weighted by Crippen LogP contribution is 2.04. The van der Waals surface area contributed by atoms with Gasteiger partial charge in [0.05, 0.1) is 13.0 Å². The van der Waals surface area contributed by atoms with Crippen molar-refractivity contribution < 1.29 is 29.0 Å². The summed E-state index contributed by atoms with van der Waals surface area (Å²) in [5.41, 5.74) is 0.280. The number of hydrogen-bond donors (Lipinski definition) is 2. The molecule has 7 heteroatoms. The van der Waals surface area contributed by atoms with Crippen LogP contribution in [0, 0.1) is 0 Å². The Kier molecular flexibility index (Phi) is 6.75. The van der Waals surface area contributed by atoms with Crippen molar-refractivity contribution in [2.75, 3.05) is 6.61 Å². The SMILES string of the molecule is CCOC(=O)C(NC(=O)c1ccccc1)[13C](=O)CC[13C](=O)O. The van der Waals surface area contributed by atoms with Crippen LogP contribution in [-0.4, -0.2) is 41.4 Å². The van der Waals surface area contributed by atoms with Crippen LogP contribution in [0.3, 0.4) is 0 Å². The number of Topliss-reactive ketones (excluding diaryl/α,β-unsaturated/α-hetero) is 1. The van der Waals surface area contributed by atoms with E-state index in [1.807, 2.05) is 0 Å². The molecule has 1 aromatic rings. The maximum absolute atomic E-state index is 12.0. The summed E-state index contributed by atoms with van der Waals surface area (Å²) >= 11 is 0. The third kappa shape index (κ3) is 5.35. The van der Waals surface area contributed by atoms with Gasteiger partial charge < -0.3 is 15.2 Å². The fraction of sp³-hybridized carbons (Fsp3) is 0.333. The van der Waals surface area contributed by atoms with Crippen LogP contribution < -0.4 is 5.32 Å². The second-order valence-electron chi connectivity index (χ2n) is 4.38. The number of amides is 1. The first-order chi connectivity index (χ1) is 10.5. The number of ether oxygens (including phenoxy) is 1. The standard InChI is InChI=1S/C15H17NO6/c1-2-22-15(21)13(11(17)8-9-12(18)19)16-14(20)10-6-4-3-5-7-10/h3-7,13H,2,8-9H2,1H3,(H,16,20)(H,18,19)/i11+1,12+1. The maximum Gasteiger partial charge on any atom is 0.336 e. The lowest BCUT2D eigenvalue weighted by Crippen LogP contribution is -2.47. The number of carboxylic acid groups (broad SMARTS) is 1. The van der Waals surface area contributed by atoms with Gasteiger partial charge in [-0.2, -0.15) is 0 Å². The number of carbonyl (C=O) groups is 4. The number of carboxylic acids is 1. The predicted molar refractivity (Wildman–Crippen MR) is 76.2 cm³/mol. The van der Waals surface area contributed by atoms with E-state index in [9.17, 15) is 19.2 Å². The molecule has 7 nitrogen and oxygen atoms in total. The van der Waals surface area contributed by atoms with Crippen LogP contribution in [-0.2, 0) is 19.1 Å². The predicted octanol–water partition coefficient (Wildman–Crippen LogP) is 0.782. The lowest BCUT2D eigenvalue weighted by molar-refractivity contribution is -0.149. The Morgan fingerprint density at radius 2 is 1.77 bits per heavy atom. The molecular weight excluding hydrogens is 292 g/mol. The Labute approximate surface area is 127 Å². The summed E-state index contributed by atoms with van der Waals surface area (Å²) in [5.74, 6) is -3.38. The van der Waals surface area contributed by atoms with Crippen LogP contribution >= 0.6 is 0 Å². The van der Waals surface area contributed by atoms with Gasteiger partial charge in [0.25, 0.3) is 5.91 Å². The highest BCUT2D eigenvalue weighted by molar-refractivity contribution is 6.08. The third-order valence-electron chi connectivity index (χ3n) is 2.74. The van der Waals surface area contributed by atoms with Gasteiger partial charge in [0.15, 0.2) is 11.8 Å². The van der Waals surface area contributed by atoms with Crippen LogP contribution in [0.4, 0.5) is 0 Å². The Morgan fingerprint density at radius 3 is 2.32 bits per heavy atom. The summed E-state index contributed by atoms with van der Waals surface area (Å²) in [4.78, 5) is 46.3. The van der Waals surface area contributed by atoms with Gasteiger partial charge in [0.2, 0.25) is 0 Å². The summed E-state index contributed by atoms with van der Waals surface area (Å²) in [6, 6.07) is 6.55. The van der Waals surface area contributed by atoms with E-state index >= 15 is 0 Å². The van der Waals surface area contributed by atoms with Crippen molar-refractivity contribution in [3.05, 3.63) is 35.9 Å². The number of carbonyl (C=O) groups excluding carboxylic acids is 3. The van der Waals surface area contributed by atoms with Gasteiger partial charge in [0.1, 0.15) is 0 Å². The van der Waals surface area contributed by atoms with E-state index in [0.717, 1.165) is 0 Å². The topological polar surface area (TPSA) is 110 Å². The van der Waals surface area contributed by atoms with Gasteiger partial charge >= 0.3 is 11.9 Å². The molecule has 0 heterocycles. The van der Waals surface area contributed by atoms with Crippen molar-refractivity contribution in [2.24, 2.45) is 0 Å². The smallest absolute Gasteiger partial charge is 0.336 e. The van der Waals surface area contributed by atoms with Crippen molar-refractivity contribution in [2.45, 2.75) is 25.8 Å². The minimum atomic E-state index is -1.51. The molecule has 22 heavy (non-hydrogen) atoms. The minimum Gasteiger partial charge on any atom is -0.481 e. The van der Waals surface area contributed by atoms with Crippen molar-refractivity contribution >= 4 is 23.6 Å². The molecule has 0 aliphatic rings. The molecule has 118 valence electrons. The first-order valence-corrected chi connectivity index (χ1v) is 6.72. The minimum absolute atomic E-state index is 0.0444. The second-order valence-corrected chi connectivity index (χ2v) is 4.38. The fourth-order valence-electron chi connectivity index (χ4n) is 1.67. The largest absolute Gasteiger partial charge is 0.481 e. The molecule has 0 aromatic heterocycles. The van der Waals surface area contributed by atoms with E-state index < -0.39 is 36.1 Å². The van der Waals surface area contributed by atoms with E-state index in [4.69, 9.17) is 9.84 Å². The zero-order valence-corrected chi connectivity index (χ0v) is 12.1. The monoisotopic (exact) mass is 309 g/mol. The van der Waals surface area contributed by atoms with E-state index in [1.165, 1.54) is 12.1 Å². The van der Waals surface area contributed by atoms with Gasteiger partial charge in [-0.1, -0.05) is 18.2 Å². The lowest BCUT2D eigenvalue weighted by atomic mass is 10.2. The third-order valence-corrected chi connectivity index (χ3v) is 2.74. The highest BCUT2D eigenvalue weighted by atomic mass is 16.5. The van der Waals surface area contributed by atoms with Crippen molar-refractivity contribution in [1.29, 1.82) is 0 Å². The summed E-state index contributed by atoms with van der Waals surface area (Å²) in [7, 11) is 0. The Bertz CT molecular complexity index is 554. The summed E-state index contributed by atoms with van der Waals surface area (Å²) in [6.07, 6.45) is -0.788. The van der Waals surface area contributed by atoms with Crippen LogP contribution in [0.5, 0.6) is 0 Å². The van der Waals surface area contributed by atoms with Crippen molar-refractivity contribution in [3.63, 3.8) is 0 Å². The zero-order chi connectivity index (χ0) is 16.5. The average Bonchev–Trinajstić information content (AvgIpc) is 2.51. The first-order valence-electron chi connectivity index (χ1n) is 6.72. The molecular formula is C15H17NO6. The van der Waals surface area contributed by atoms with Crippen LogP contribution in [0.1, 0.15) is 30.1 Å². The van der Waals surface area contributed by atoms with Crippen LogP contribution in [0.2, 0.25) is 0 Å². The van der Waals surface area contributed by atoms with E-state index in [2.05, 4.69) is 5.32 Å². The highest BCUT2D eigenvalue weighted by Gasteiger charge is 2.29.